The molecule has 10 heteroatoms. The summed E-state index contributed by atoms with van der Waals surface area (Å²) in [6.45, 7) is 0.624. The van der Waals surface area contributed by atoms with Crippen molar-refractivity contribution >= 4 is 23.4 Å². The van der Waals surface area contributed by atoms with Gasteiger partial charge in [0, 0.05) is 17.3 Å². The second-order valence-corrected chi connectivity index (χ2v) is 8.38. The van der Waals surface area contributed by atoms with Gasteiger partial charge in [-0.15, -0.1) is 10.2 Å². The monoisotopic (exact) mass is 480 g/mol. The zero-order valence-corrected chi connectivity index (χ0v) is 18.5. The number of ether oxygens (including phenoxy) is 2. The van der Waals surface area contributed by atoms with Crippen LogP contribution in [0.4, 0.5) is 14.5 Å². The Morgan fingerprint density at radius 1 is 0.971 bits per heavy atom. The van der Waals surface area contributed by atoms with Gasteiger partial charge in [-0.1, -0.05) is 48.2 Å². The Hall–Kier alpha value is -3.92. The van der Waals surface area contributed by atoms with E-state index in [1.165, 1.54) is 11.8 Å². The Labute approximate surface area is 197 Å². The van der Waals surface area contributed by atoms with E-state index in [-0.39, 0.29) is 18.2 Å². The molecule has 1 aliphatic rings. The van der Waals surface area contributed by atoms with Crippen LogP contribution in [0.2, 0.25) is 0 Å². The fourth-order valence-electron chi connectivity index (χ4n) is 3.51. The first-order chi connectivity index (χ1) is 16.5. The highest BCUT2D eigenvalue weighted by atomic mass is 32.2. The minimum atomic E-state index is -0.765. The summed E-state index contributed by atoms with van der Waals surface area (Å²) in [5, 5.41) is 11.7. The molecular weight excluding hydrogens is 462 g/mol. The minimum Gasteiger partial charge on any atom is -0.454 e. The van der Waals surface area contributed by atoms with Crippen LogP contribution < -0.4 is 14.8 Å². The number of hydrogen-bond acceptors (Lipinski definition) is 6. The van der Waals surface area contributed by atoms with E-state index in [0.29, 0.717) is 29.0 Å². The first-order valence-electron chi connectivity index (χ1n) is 10.3. The van der Waals surface area contributed by atoms with E-state index in [4.69, 9.17) is 9.47 Å². The van der Waals surface area contributed by atoms with Crippen LogP contribution in [0, 0.1) is 11.6 Å². The molecule has 1 aliphatic heterocycles. The lowest BCUT2D eigenvalue weighted by molar-refractivity contribution is -0.113. The molecule has 2 heterocycles. The normalized spacial score (nSPS) is 12.1. The van der Waals surface area contributed by atoms with Crippen molar-refractivity contribution in [3.8, 4) is 22.9 Å². The topological polar surface area (TPSA) is 78.3 Å². The van der Waals surface area contributed by atoms with Crippen molar-refractivity contribution in [2.45, 2.75) is 11.7 Å². The third-order valence-electron chi connectivity index (χ3n) is 5.01. The van der Waals surface area contributed by atoms with Gasteiger partial charge in [0.2, 0.25) is 12.7 Å². The number of anilines is 1. The van der Waals surface area contributed by atoms with Gasteiger partial charge in [0.05, 0.1) is 12.3 Å². The maximum Gasteiger partial charge on any atom is 0.234 e. The number of nitrogens with one attached hydrogen (secondary N) is 1. The van der Waals surface area contributed by atoms with Crippen LogP contribution in [0.15, 0.2) is 71.9 Å². The van der Waals surface area contributed by atoms with E-state index in [9.17, 15) is 13.6 Å². The highest BCUT2D eigenvalue weighted by Crippen LogP contribution is 2.33. The van der Waals surface area contributed by atoms with Gasteiger partial charge < -0.3 is 14.8 Å². The molecule has 172 valence electrons. The van der Waals surface area contributed by atoms with E-state index in [0.717, 1.165) is 29.3 Å². The van der Waals surface area contributed by atoms with E-state index >= 15 is 0 Å². The molecule has 0 atom stereocenters. The summed E-state index contributed by atoms with van der Waals surface area (Å²) >= 11 is 1.18. The van der Waals surface area contributed by atoms with E-state index in [1.54, 1.807) is 0 Å². The molecule has 0 saturated heterocycles. The molecule has 0 spiro atoms. The summed E-state index contributed by atoms with van der Waals surface area (Å²) in [7, 11) is 0. The lowest BCUT2D eigenvalue weighted by Crippen LogP contribution is -2.15. The molecule has 0 saturated carbocycles. The molecule has 0 aliphatic carbocycles. The summed E-state index contributed by atoms with van der Waals surface area (Å²) in [6, 6.07) is 18.1. The number of thioether (sulfide) groups is 1. The summed E-state index contributed by atoms with van der Waals surface area (Å²) in [5.74, 6) is 0.0327. The molecule has 7 nitrogen and oxygen atoms in total. The maximum absolute atomic E-state index is 13.4. The first-order valence-corrected chi connectivity index (χ1v) is 11.3. The van der Waals surface area contributed by atoms with Crippen molar-refractivity contribution in [1.82, 2.24) is 14.8 Å². The SMILES string of the molecule is O=C(CSc1nnc(-c2ccccc2)n1Cc1ccc2c(c1)OCO2)Nc1cc(F)cc(F)c1. The average Bonchev–Trinajstić information content (AvgIpc) is 3.44. The van der Waals surface area contributed by atoms with Crippen molar-refractivity contribution in [3.05, 3.63) is 83.9 Å². The molecule has 0 unspecified atom stereocenters. The van der Waals surface area contributed by atoms with Crippen LogP contribution >= 0.6 is 11.8 Å². The third-order valence-corrected chi connectivity index (χ3v) is 5.97. The van der Waals surface area contributed by atoms with E-state index < -0.39 is 17.5 Å². The lowest BCUT2D eigenvalue weighted by atomic mass is 10.2. The quantitative estimate of drug-likeness (QED) is 0.386. The molecule has 0 radical (unpaired) electrons. The number of hydrogen-bond donors (Lipinski definition) is 1. The van der Waals surface area contributed by atoms with Gasteiger partial charge in [-0.05, 0) is 29.8 Å². The van der Waals surface area contributed by atoms with Gasteiger partial charge in [0.15, 0.2) is 22.5 Å². The fraction of sp³-hybridized carbons (Fsp3) is 0.125. The van der Waals surface area contributed by atoms with Crippen LogP contribution in [-0.2, 0) is 11.3 Å². The Morgan fingerprint density at radius 2 is 1.74 bits per heavy atom. The Kier molecular flexibility index (Phi) is 6.13. The number of halogens is 2. The highest BCUT2D eigenvalue weighted by molar-refractivity contribution is 7.99. The summed E-state index contributed by atoms with van der Waals surface area (Å²) in [4.78, 5) is 12.4. The highest BCUT2D eigenvalue weighted by Gasteiger charge is 2.18. The predicted molar refractivity (Wildman–Crippen MR) is 123 cm³/mol. The third kappa shape index (κ3) is 4.86. The van der Waals surface area contributed by atoms with Crippen molar-refractivity contribution < 1.29 is 23.0 Å². The second-order valence-electron chi connectivity index (χ2n) is 7.44. The Bertz CT molecular complexity index is 1330. The average molecular weight is 480 g/mol. The minimum absolute atomic E-state index is 0.0216. The zero-order chi connectivity index (χ0) is 23.5. The predicted octanol–water partition coefficient (Wildman–Crippen LogP) is 4.73. The molecule has 4 aromatic rings. The first kappa shape index (κ1) is 21.9. The number of carbonyl (C=O) groups is 1. The van der Waals surface area contributed by atoms with Gasteiger partial charge in [-0.25, -0.2) is 8.78 Å². The number of nitrogens with zero attached hydrogens (tertiary/aromatic N) is 3. The zero-order valence-electron chi connectivity index (χ0n) is 17.7. The lowest BCUT2D eigenvalue weighted by Gasteiger charge is -2.11. The molecular formula is C24H18F2N4O3S. The molecule has 1 N–H and O–H groups in total. The Morgan fingerprint density at radius 3 is 2.53 bits per heavy atom. The summed E-state index contributed by atoms with van der Waals surface area (Å²) < 4.78 is 39.6. The summed E-state index contributed by atoms with van der Waals surface area (Å²) in [6.07, 6.45) is 0. The van der Waals surface area contributed by atoms with Crippen LogP contribution in [-0.4, -0.2) is 33.2 Å². The van der Waals surface area contributed by atoms with Crippen LogP contribution in [0.25, 0.3) is 11.4 Å². The van der Waals surface area contributed by atoms with Gasteiger partial charge in [0.1, 0.15) is 11.6 Å². The standard InChI is InChI=1S/C24H18F2N4O3S/c25-17-9-18(26)11-19(10-17)27-22(31)13-34-24-29-28-23(16-4-2-1-3-5-16)30(24)12-15-6-7-20-21(8-15)33-14-32-20/h1-11H,12-14H2,(H,27,31). The van der Waals surface area contributed by atoms with Gasteiger partial charge in [-0.2, -0.15) is 0 Å². The molecule has 1 amide bonds. The number of aromatic nitrogens is 3. The number of rotatable bonds is 7. The van der Waals surface area contributed by atoms with Crippen LogP contribution in [0.1, 0.15) is 5.56 Å². The molecule has 5 rings (SSSR count). The second kappa shape index (κ2) is 9.52. The van der Waals surface area contributed by atoms with Crippen molar-refractivity contribution in [3.63, 3.8) is 0 Å². The van der Waals surface area contributed by atoms with E-state index in [1.807, 2.05) is 53.1 Å². The molecule has 0 fully saturated rings. The van der Waals surface area contributed by atoms with Crippen molar-refractivity contribution in [2.75, 3.05) is 17.9 Å². The Balaban J connectivity index is 1.37. The molecule has 34 heavy (non-hydrogen) atoms. The number of amides is 1. The largest absolute Gasteiger partial charge is 0.454 e. The van der Waals surface area contributed by atoms with Gasteiger partial charge >= 0.3 is 0 Å². The fourth-order valence-corrected chi connectivity index (χ4v) is 4.25. The van der Waals surface area contributed by atoms with Gasteiger partial charge in [0.25, 0.3) is 0 Å². The van der Waals surface area contributed by atoms with Crippen molar-refractivity contribution in [1.29, 1.82) is 0 Å². The molecule has 0 bridgehead atoms. The van der Waals surface area contributed by atoms with Crippen molar-refractivity contribution in [2.24, 2.45) is 0 Å². The van der Waals surface area contributed by atoms with E-state index in [2.05, 4.69) is 15.5 Å². The number of carbonyl (C=O) groups excluding carboxylic acids is 1. The molecule has 1 aromatic heterocycles. The number of benzene rings is 3. The maximum atomic E-state index is 13.4. The van der Waals surface area contributed by atoms with Crippen LogP contribution in [0.5, 0.6) is 11.5 Å². The molecule has 3 aromatic carbocycles. The van der Waals surface area contributed by atoms with Gasteiger partial charge in [-0.3, -0.25) is 9.36 Å². The number of fused-ring (bicyclic) bond motifs is 1. The summed E-state index contributed by atoms with van der Waals surface area (Å²) in [5.41, 5.74) is 1.87. The smallest absolute Gasteiger partial charge is 0.234 e. The van der Waals surface area contributed by atoms with Crippen LogP contribution in [0.3, 0.4) is 0 Å².